The number of benzene rings is 2. The molecule has 8 nitrogen and oxygen atoms in total. The van der Waals surface area contributed by atoms with Gasteiger partial charge in [-0.2, -0.15) is 4.72 Å². The first-order chi connectivity index (χ1) is 15.9. The number of sulfonamides is 1. The van der Waals surface area contributed by atoms with Gasteiger partial charge in [-0.25, -0.2) is 8.42 Å². The molecule has 1 atom stereocenters. The van der Waals surface area contributed by atoms with Gasteiger partial charge in [0.15, 0.2) is 0 Å². The molecular weight excluding hydrogens is 589 g/mol. The van der Waals surface area contributed by atoms with Crippen LogP contribution in [-0.2, 0) is 20.6 Å². The lowest BCUT2D eigenvalue weighted by atomic mass is 9.99. The monoisotopic (exact) mass is 613 g/mol. The molecule has 0 bridgehead atoms. The van der Waals surface area contributed by atoms with Gasteiger partial charge in [-0.3, -0.25) is 9.78 Å². The van der Waals surface area contributed by atoms with Crippen molar-refractivity contribution >= 4 is 50.3 Å². The lowest BCUT2D eigenvalue weighted by Crippen LogP contribution is -2.67. The molecular formula is C23H24IN3O5S2. The van der Waals surface area contributed by atoms with Crippen LogP contribution >= 0.6 is 34.4 Å². The van der Waals surface area contributed by atoms with Gasteiger partial charge >= 0.3 is 0 Å². The van der Waals surface area contributed by atoms with E-state index in [1.807, 2.05) is 18.2 Å². The Bertz CT molecular complexity index is 1240. The quantitative estimate of drug-likeness (QED) is 0.235. The van der Waals surface area contributed by atoms with Crippen molar-refractivity contribution in [3.05, 3.63) is 82.2 Å². The number of aliphatic hydroxyl groups is 1. The molecule has 4 N–H and O–H groups in total. The molecule has 1 amide bonds. The molecule has 0 saturated heterocycles. The van der Waals surface area contributed by atoms with Gasteiger partial charge in [0, 0.05) is 15.5 Å². The fourth-order valence-electron chi connectivity index (χ4n) is 2.89. The highest BCUT2D eigenvalue weighted by Crippen LogP contribution is 2.37. The summed E-state index contributed by atoms with van der Waals surface area (Å²) in [6, 6.07) is 18.3. The topological polar surface area (TPSA) is 132 Å². The van der Waals surface area contributed by atoms with Crippen LogP contribution in [0.5, 0.6) is 11.5 Å². The van der Waals surface area contributed by atoms with Gasteiger partial charge in [0.05, 0.1) is 15.3 Å². The van der Waals surface area contributed by atoms with E-state index in [1.165, 1.54) is 38.1 Å². The number of rotatable bonds is 10. The second-order valence-electron chi connectivity index (χ2n) is 7.83. The number of aromatic nitrogens is 1. The predicted molar refractivity (Wildman–Crippen MR) is 140 cm³/mol. The number of nitrogens with two attached hydrogens (primary N) is 1. The van der Waals surface area contributed by atoms with Crippen molar-refractivity contribution in [2.45, 2.75) is 35.0 Å². The zero-order valence-electron chi connectivity index (χ0n) is 18.4. The molecule has 3 rings (SSSR count). The summed E-state index contributed by atoms with van der Waals surface area (Å²) in [5, 5.41) is 11.1. The van der Waals surface area contributed by atoms with Crippen molar-refractivity contribution in [3.63, 3.8) is 0 Å². The van der Waals surface area contributed by atoms with Gasteiger partial charge in [0.1, 0.15) is 11.5 Å². The van der Waals surface area contributed by atoms with E-state index in [0.29, 0.717) is 22.9 Å². The average molecular weight is 613 g/mol. The molecule has 34 heavy (non-hydrogen) atoms. The SMILES string of the molecule is CC(C)(SCc1ccccn1)C(O)(NS(=O)(=O)c1ccc(Oc2ccc(I)cc2)cc1)C(N)=O. The van der Waals surface area contributed by atoms with E-state index in [2.05, 4.69) is 32.3 Å². The standard InChI is InChI=1S/C23H24IN3O5S2/c1-22(2,33-15-17-5-3-4-14-26-17)23(29,21(25)28)27-34(30,31)20-12-10-19(11-13-20)32-18-8-6-16(24)7-9-18/h3-14,27,29H,15H2,1-2H3,(H2,25,28). The van der Waals surface area contributed by atoms with E-state index in [9.17, 15) is 18.3 Å². The number of nitrogens with zero attached hydrogens (tertiary/aromatic N) is 1. The lowest BCUT2D eigenvalue weighted by Gasteiger charge is -2.39. The number of primary amides is 1. The third-order valence-electron chi connectivity index (χ3n) is 5.00. The Morgan fingerprint density at radius 1 is 1.09 bits per heavy atom. The minimum atomic E-state index is -4.31. The number of amides is 1. The van der Waals surface area contributed by atoms with Crippen LogP contribution in [0.15, 0.2) is 77.8 Å². The first-order valence-electron chi connectivity index (χ1n) is 10.1. The molecule has 0 aliphatic rings. The van der Waals surface area contributed by atoms with Gasteiger partial charge in [-0.1, -0.05) is 6.07 Å². The van der Waals surface area contributed by atoms with Crippen LogP contribution in [0.1, 0.15) is 19.5 Å². The lowest BCUT2D eigenvalue weighted by molar-refractivity contribution is -0.140. The summed E-state index contributed by atoms with van der Waals surface area (Å²) < 4.78 is 33.6. The summed E-state index contributed by atoms with van der Waals surface area (Å²) in [5.74, 6) is 0.143. The molecule has 1 aromatic heterocycles. The first kappa shape index (κ1) is 26.4. The van der Waals surface area contributed by atoms with E-state index in [-0.39, 0.29) is 4.90 Å². The van der Waals surface area contributed by atoms with Crippen LogP contribution in [0.2, 0.25) is 0 Å². The maximum Gasteiger partial charge on any atom is 0.267 e. The molecule has 2 aromatic carbocycles. The number of thioether (sulfide) groups is 1. The largest absolute Gasteiger partial charge is 0.457 e. The highest BCUT2D eigenvalue weighted by molar-refractivity contribution is 14.1. The number of hydrogen-bond acceptors (Lipinski definition) is 7. The van der Waals surface area contributed by atoms with Gasteiger partial charge in [0.25, 0.3) is 5.91 Å². The first-order valence-corrected chi connectivity index (χ1v) is 13.6. The number of halogens is 1. The van der Waals surface area contributed by atoms with Crippen LogP contribution < -0.4 is 15.2 Å². The molecule has 0 aliphatic heterocycles. The number of carbonyl (C=O) groups is 1. The maximum absolute atomic E-state index is 13.0. The Kier molecular flexibility index (Phi) is 8.24. The van der Waals surface area contributed by atoms with Crippen LogP contribution in [0, 0.1) is 3.57 Å². The van der Waals surface area contributed by atoms with E-state index >= 15 is 0 Å². The number of pyridine rings is 1. The summed E-state index contributed by atoms with van der Waals surface area (Å²) in [5.41, 5.74) is 3.61. The summed E-state index contributed by atoms with van der Waals surface area (Å²) in [6.45, 7) is 3.07. The van der Waals surface area contributed by atoms with Crippen molar-refractivity contribution in [3.8, 4) is 11.5 Å². The third-order valence-corrected chi connectivity index (χ3v) is 8.63. The zero-order chi connectivity index (χ0) is 25.0. The Morgan fingerprint density at radius 2 is 1.68 bits per heavy atom. The van der Waals surface area contributed by atoms with Gasteiger partial charge in [0.2, 0.25) is 15.7 Å². The van der Waals surface area contributed by atoms with Crippen molar-refractivity contribution in [2.24, 2.45) is 5.73 Å². The summed E-state index contributed by atoms with van der Waals surface area (Å²) in [6.07, 6.45) is 1.62. The minimum absolute atomic E-state index is 0.160. The Labute approximate surface area is 216 Å². The van der Waals surface area contributed by atoms with Crippen LogP contribution in [0.4, 0.5) is 0 Å². The van der Waals surface area contributed by atoms with Crippen LogP contribution in [-0.4, -0.2) is 34.9 Å². The van der Waals surface area contributed by atoms with Gasteiger partial charge < -0.3 is 15.6 Å². The number of ether oxygens (including phenoxy) is 1. The highest BCUT2D eigenvalue weighted by Gasteiger charge is 2.52. The Morgan fingerprint density at radius 3 is 2.21 bits per heavy atom. The molecule has 3 aromatic rings. The van der Waals surface area contributed by atoms with E-state index in [4.69, 9.17) is 10.5 Å². The third kappa shape index (κ3) is 6.27. The Balaban J connectivity index is 1.78. The van der Waals surface area contributed by atoms with Crippen molar-refractivity contribution in [1.82, 2.24) is 9.71 Å². The summed E-state index contributed by atoms with van der Waals surface area (Å²) in [7, 11) is -4.31. The second-order valence-corrected chi connectivity index (χ2v) is 12.4. The van der Waals surface area contributed by atoms with Crippen molar-refractivity contribution in [2.75, 3.05) is 0 Å². The number of nitrogens with one attached hydrogen (secondary N) is 1. The van der Waals surface area contributed by atoms with E-state index in [0.717, 1.165) is 15.3 Å². The molecule has 0 fully saturated rings. The maximum atomic E-state index is 13.0. The fourth-order valence-corrected chi connectivity index (χ4v) is 5.71. The smallest absolute Gasteiger partial charge is 0.267 e. The van der Waals surface area contributed by atoms with E-state index < -0.39 is 26.4 Å². The number of carbonyl (C=O) groups excluding carboxylic acids is 1. The summed E-state index contributed by atoms with van der Waals surface area (Å²) in [4.78, 5) is 16.3. The zero-order valence-corrected chi connectivity index (χ0v) is 22.2. The molecule has 11 heteroatoms. The van der Waals surface area contributed by atoms with Crippen molar-refractivity contribution < 1.29 is 23.1 Å². The molecule has 0 aliphatic carbocycles. The minimum Gasteiger partial charge on any atom is -0.457 e. The molecule has 0 spiro atoms. The summed E-state index contributed by atoms with van der Waals surface area (Å²) >= 11 is 3.33. The molecule has 1 heterocycles. The fraction of sp³-hybridized carbons (Fsp3) is 0.217. The molecule has 0 saturated carbocycles. The van der Waals surface area contributed by atoms with E-state index in [1.54, 1.807) is 30.5 Å². The van der Waals surface area contributed by atoms with Crippen LogP contribution in [0.3, 0.4) is 0 Å². The van der Waals surface area contributed by atoms with Crippen LogP contribution in [0.25, 0.3) is 0 Å². The van der Waals surface area contributed by atoms with Crippen molar-refractivity contribution in [1.29, 1.82) is 0 Å². The molecule has 1 unspecified atom stereocenters. The van der Waals surface area contributed by atoms with Gasteiger partial charge in [-0.15, -0.1) is 11.8 Å². The predicted octanol–water partition coefficient (Wildman–Crippen LogP) is 3.64. The Hall–Kier alpha value is -2.19. The molecule has 180 valence electrons. The average Bonchev–Trinajstić information content (AvgIpc) is 2.80. The van der Waals surface area contributed by atoms with Gasteiger partial charge in [-0.05, 0) is 97.1 Å². The second kappa shape index (κ2) is 10.6. The molecule has 0 radical (unpaired) electrons. The highest BCUT2D eigenvalue weighted by atomic mass is 127. The number of hydrogen-bond donors (Lipinski definition) is 3. The normalized spacial score (nSPS) is 13.8.